The van der Waals surface area contributed by atoms with Crippen LogP contribution in [0.5, 0.6) is 0 Å². The van der Waals surface area contributed by atoms with Crippen LogP contribution in [0.2, 0.25) is 0 Å². The van der Waals surface area contributed by atoms with Crippen molar-refractivity contribution in [3.63, 3.8) is 0 Å². The molecule has 0 saturated heterocycles. The minimum atomic E-state index is 0.575. The summed E-state index contributed by atoms with van der Waals surface area (Å²) in [5, 5.41) is 0. The number of aromatic nitrogens is 1. The van der Waals surface area contributed by atoms with E-state index in [2.05, 4.69) is 44.0 Å². The second kappa shape index (κ2) is 20.1. The molecule has 0 fully saturated rings. The Labute approximate surface area is 244 Å². The molecule has 3 rings (SSSR count). The molecule has 8 nitrogen and oxygen atoms in total. The van der Waals surface area contributed by atoms with Crippen LogP contribution in [0.3, 0.4) is 0 Å². The molecule has 0 aliphatic heterocycles. The average Bonchev–Trinajstić information content (AvgIpc) is 3.00. The lowest BCUT2D eigenvalue weighted by atomic mass is 10.1. The van der Waals surface area contributed by atoms with Crippen LogP contribution in [0, 0.1) is 6.92 Å². The lowest BCUT2D eigenvalue weighted by molar-refractivity contribution is 0.0143. The fourth-order valence-corrected chi connectivity index (χ4v) is 3.51. The van der Waals surface area contributed by atoms with Gasteiger partial charge in [0, 0.05) is 44.9 Å². The minimum absolute atomic E-state index is 0.575. The fraction of sp³-hybridized carbons (Fsp3) is 0.364. The maximum atomic E-state index is 5.60. The third kappa shape index (κ3) is 14.4. The molecule has 8 heteroatoms. The van der Waals surface area contributed by atoms with Crippen LogP contribution in [-0.4, -0.2) is 82.6 Å². The van der Waals surface area contributed by atoms with Gasteiger partial charge in [0.05, 0.1) is 26.4 Å². The quantitative estimate of drug-likeness (QED) is 0.130. The van der Waals surface area contributed by atoms with E-state index >= 15 is 0 Å². The van der Waals surface area contributed by atoms with Gasteiger partial charge in [-0.15, -0.1) is 0 Å². The predicted octanol–water partition coefficient (Wildman–Crippen LogP) is 6.23. The van der Waals surface area contributed by atoms with E-state index in [1.807, 2.05) is 80.2 Å². The Bertz CT molecular complexity index is 1240. The van der Waals surface area contributed by atoms with E-state index < -0.39 is 0 Å². The molecule has 0 unspecified atom stereocenters. The average molecular weight is 556 g/mol. The number of hydrogen-bond donors (Lipinski definition) is 0. The molecular formula is C33H41N5O3. The Morgan fingerprint density at radius 3 is 1.59 bits per heavy atom. The van der Waals surface area contributed by atoms with Crippen LogP contribution in [0.4, 0.5) is 11.6 Å². The summed E-state index contributed by atoms with van der Waals surface area (Å²) in [6, 6.07) is 21.9. The van der Waals surface area contributed by atoms with Crippen LogP contribution in [0.15, 0.2) is 86.7 Å². The highest BCUT2D eigenvalue weighted by molar-refractivity contribution is 5.85. The third-order valence-electron chi connectivity index (χ3n) is 5.74. The molecule has 0 N–H and O–H groups in total. The first-order valence-electron chi connectivity index (χ1n) is 14.1. The second-order valence-electron chi connectivity index (χ2n) is 9.19. The number of nitrogens with zero attached hydrogens (tertiary/aromatic N) is 5. The van der Waals surface area contributed by atoms with E-state index in [1.54, 1.807) is 6.21 Å². The summed E-state index contributed by atoms with van der Waals surface area (Å²) in [5.41, 5.74) is 4.29. The zero-order valence-corrected chi connectivity index (χ0v) is 24.2. The van der Waals surface area contributed by atoms with Crippen LogP contribution in [0.25, 0.3) is 0 Å². The van der Waals surface area contributed by atoms with Crippen molar-refractivity contribution >= 4 is 36.5 Å². The first-order valence-corrected chi connectivity index (χ1v) is 14.1. The SMILES string of the molecule is CC=NCCCOCCOCCOCCCN=Cc1ccc(C=Nc2cccc(N=Cc3ccc(C)cc3)n2)cc1. The molecular weight excluding hydrogens is 514 g/mol. The molecule has 0 saturated carbocycles. The molecule has 1 aromatic heterocycles. The Morgan fingerprint density at radius 2 is 1.05 bits per heavy atom. The third-order valence-corrected chi connectivity index (χ3v) is 5.74. The summed E-state index contributed by atoms with van der Waals surface area (Å²) in [6.07, 6.45) is 9.12. The number of ether oxygens (including phenoxy) is 3. The number of aryl methyl sites for hydroxylation is 1. The summed E-state index contributed by atoms with van der Waals surface area (Å²) in [4.78, 5) is 22.1. The predicted molar refractivity (Wildman–Crippen MR) is 170 cm³/mol. The van der Waals surface area contributed by atoms with Crippen molar-refractivity contribution < 1.29 is 14.2 Å². The molecule has 1 heterocycles. The van der Waals surface area contributed by atoms with Gasteiger partial charge in [-0.3, -0.25) is 9.98 Å². The van der Waals surface area contributed by atoms with E-state index in [-0.39, 0.29) is 0 Å². The zero-order chi connectivity index (χ0) is 28.8. The van der Waals surface area contributed by atoms with E-state index in [4.69, 9.17) is 14.2 Å². The van der Waals surface area contributed by atoms with Gasteiger partial charge in [0.1, 0.15) is 0 Å². The minimum Gasteiger partial charge on any atom is -0.379 e. The summed E-state index contributed by atoms with van der Waals surface area (Å²) in [7, 11) is 0. The monoisotopic (exact) mass is 555 g/mol. The molecule has 0 bridgehead atoms. The molecule has 0 amide bonds. The van der Waals surface area contributed by atoms with Gasteiger partial charge < -0.3 is 14.2 Å². The van der Waals surface area contributed by atoms with Crippen LogP contribution in [0.1, 0.15) is 42.0 Å². The number of aliphatic imine (C=N–C) groups is 4. The zero-order valence-electron chi connectivity index (χ0n) is 24.2. The van der Waals surface area contributed by atoms with Gasteiger partial charge in [-0.2, -0.15) is 0 Å². The summed E-state index contributed by atoms with van der Waals surface area (Å²) >= 11 is 0. The molecule has 2 aromatic carbocycles. The van der Waals surface area contributed by atoms with E-state index in [0.29, 0.717) is 51.2 Å². The Morgan fingerprint density at radius 1 is 0.585 bits per heavy atom. The van der Waals surface area contributed by atoms with Gasteiger partial charge in [-0.1, -0.05) is 60.2 Å². The summed E-state index contributed by atoms with van der Waals surface area (Å²) in [5.74, 6) is 1.23. The van der Waals surface area contributed by atoms with E-state index in [1.165, 1.54) is 5.56 Å². The maximum absolute atomic E-state index is 5.60. The van der Waals surface area contributed by atoms with Crippen molar-refractivity contribution in [2.75, 3.05) is 52.7 Å². The molecule has 0 aliphatic carbocycles. The van der Waals surface area contributed by atoms with Crippen molar-refractivity contribution in [2.24, 2.45) is 20.0 Å². The van der Waals surface area contributed by atoms with Crippen LogP contribution < -0.4 is 0 Å². The van der Waals surface area contributed by atoms with Gasteiger partial charge in [-0.05, 0) is 61.7 Å². The Hall–Kier alpha value is -3.85. The lowest BCUT2D eigenvalue weighted by Crippen LogP contribution is -2.10. The Balaban J connectivity index is 1.27. The summed E-state index contributed by atoms with van der Waals surface area (Å²) in [6.45, 7) is 9.25. The lowest BCUT2D eigenvalue weighted by Gasteiger charge is -2.06. The summed E-state index contributed by atoms with van der Waals surface area (Å²) < 4.78 is 16.6. The van der Waals surface area contributed by atoms with Gasteiger partial charge in [0.25, 0.3) is 0 Å². The molecule has 0 aliphatic rings. The van der Waals surface area contributed by atoms with Gasteiger partial charge in [-0.25, -0.2) is 15.0 Å². The molecule has 216 valence electrons. The highest BCUT2D eigenvalue weighted by Crippen LogP contribution is 2.15. The smallest absolute Gasteiger partial charge is 0.154 e. The van der Waals surface area contributed by atoms with Crippen molar-refractivity contribution in [1.29, 1.82) is 0 Å². The van der Waals surface area contributed by atoms with Crippen LogP contribution in [-0.2, 0) is 14.2 Å². The van der Waals surface area contributed by atoms with Gasteiger partial charge in [0.15, 0.2) is 11.6 Å². The largest absolute Gasteiger partial charge is 0.379 e. The number of benzene rings is 2. The molecule has 0 atom stereocenters. The van der Waals surface area contributed by atoms with Crippen LogP contribution >= 0.6 is 0 Å². The number of rotatable bonds is 19. The van der Waals surface area contributed by atoms with Crippen molar-refractivity contribution in [2.45, 2.75) is 26.7 Å². The first kappa shape index (κ1) is 31.7. The number of pyridine rings is 1. The molecule has 0 radical (unpaired) electrons. The van der Waals surface area contributed by atoms with E-state index in [9.17, 15) is 0 Å². The van der Waals surface area contributed by atoms with E-state index in [0.717, 1.165) is 42.7 Å². The van der Waals surface area contributed by atoms with Crippen molar-refractivity contribution in [3.8, 4) is 0 Å². The molecule has 3 aromatic rings. The van der Waals surface area contributed by atoms with Gasteiger partial charge >= 0.3 is 0 Å². The Kier molecular flexibility index (Phi) is 15.5. The highest BCUT2D eigenvalue weighted by Gasteiger charge is 1.96. The topological polar surface area (TPSA) is 90.0 Å². The van der Waals surface area contributed by atoms with Gasteiger partial charge in [0.2, 0.25) is 0 Å². The van der Waals surface area contributed by atoms with Crippen molar-refractivity contribution in [1.82, 2.24) is 4.98 Å². The highest BCUT2D eigenvalue weighted by atomic mass is 16.5. The number of hydrogen-bond acceptors (Lipinski definition) is 8. The normalized spacial score (nSPS) is 12.0. The first-order chi connectivity index (χ1) is 20.2. The standard InChI is InChI=1S/C33H41N5O3/c1-3-34-17-5-19-39-21-23-41-24-22-40-20-6-18-35-25-29-13-15-31(16-14-29)27-37-33-8-4-7-32(38-33)36-26-30-11-9-28(2)10-12-30/h3-4,7-16,25-27H,5-6,17-24H2,1-2H3. The molecule has 0 spiro atoms. The van der Waals surface area contributed by atoms with Crippen molar-refractivity contribution in [3.05, 3.63) is 89.0 Å². The fourth-order valence-electron chi connectivity index (χ4n) is 3.51. The molecule has 41 heavy (non-hydrogen) atoms. The second-order valence-corrected chi connectivity index (χ2v) is 9.19. The maximum Gasteiger partial charge on any atom is 0.154 e.